The molecule has 0 unspecified atom stereocenters. The third kappa shape index (κ3) is 6.95. The van der Waals surface area contributed by atoms with Crippen molar-refractivity contribution in [3.8, 4) is 0 Å². The number of thioether (sulfide) groups is 1. The summed E-state index contributed by atoms with van der Waals surface area (Å²) >= 11 is 1.45. The van der Waals surface area contributed by atoms with E-state index in [-0.39, 0.29) is 11.7 Å². The number of carboxylic acids is 1. The van der Waals surface area contributed by atoms with Gasteiger partial charge in [-0.05, 0) is 79.7 Å². The first-order valence-electron chi connectivity index (χ1n) is 13.1. The zero-order chi connectivity index (χ0) is 27.3. The molecule has 0 radical (unpaired) electrons. The van der Waals surface area contributed by atoms with E-state index in [9.17, 15) is 22.8 Å². The van der Waals surface area contributed by atoms with E-state index in [1.165, 1.54) is 17.8 Å². The molecule has 0 aromatic heterocycles. The summed E-state index contributed by atoms with van der Waals surface area (Å²) in [5, 5.41) is 11.9. The Morgan fingerprint density at radius 3 is 2.53 bits per heavy atom. The van der Waals surface area contributed by atoms with E-state index in [0.29, 0.717) is 36.7 Å². The molecule has 4 rings (SSSR count). The van der Waals surface area contributed by atoms with Gasteiger partial charge in [-0.15, -0.1) is 11.8 Å². The Morgan fingerprint density at radius 2 is 1.84 bits per heavy atom. The average Bonchev–Trinajstić information content (AvgIpc) is 2.88. The highest BCUT2D eigenvalue weighted by Crippen LogP contribution is 2.41. The standard InChI is InChI=1S/C28H34F3N3O3S/c1-2-4-26(35)32-23-16-22(34-12-3-5-20-6-7-21(15-25(20)34)28(29,30)31)8-9-24(23)33-13-10-19(11-14-33)17-38-18-27(36)37/h6-9,15-16,19H,2-5,10-14,17-18H2,1H3,(H,32,35)(H,36,37). The largest absolute Gasteiger partial charge is 0.481 e. The molecule has 0 atom stereocenters. The number of carbonyl (C=O) groups is 2. The molecule has 38 heavy (non-hydrogen) atoms. The lowest BCUT2D eigenvalue weighted by molar-refractivity contribution is -0.137. The summed E-state index contributed by atoms with van der Waals surface area (Å²) in [7, 11) is 0. The summed E-state index contributed by atoms with van der Waals surface area (Å²) in [6.45, 7) is 4.11. The number of carbonyl (C=O) groups excluding carboxylic acids is 1. The first-order chi connectivity index (χ1) is 18.2. The zero-order valence-corrected chi connectivity index (χ0v) is 22.3. The molecule has 2 aliphatic heterocycles. The molecule has 0 spiro atoms. The molecule has 0 aliphatic carbocycles. The Balaban J connectivity index is 1.58. The number of amides is 1. The van der Waals surface area contributed by atoms with Gasteiger partial charge < -0.3 is 20.2 Å². The minimum absolute atomic E-state index is 0.0933. The van der Waals surface area contributed by atoms with Crippen molar-refractivity contribution in [3.05, 3.63) is 47.5 Å². The van der Waals surface area contributed by atoms with Crippen LogP contribution in [0.1, 0.15) is 50.2 Å². The fraction of sp³-hybridized carbons (Fsp3) is 0.500. The summed E-state index contributed by atoms with van der Waals surface area (Å²) in [4.78, 5) is 27.5. The van der Waals surface area contributed by atoms with Crippen molar-refractivity contribution in [1.82, 2.24) is 0 Å². The van der Waals surface area contributed by atoms with Gasteiger partial charge in [-0.25, -0.2) is 0 Å². The fourth-order valence-corrected chi connectivity index (χ4v) is 6.14. The SMILES string of the molecule is CCCC(=O)Nc1cc(N2CCCc3ccc(C(F)(F)F)cc32)ccc1N1CCC(CSCC(=O)O)CC1. The van der Waals surface area contributed by atoms with Crippen molar-refractivity contribution in [2.45, 2.75) is 51.6 Å². The molecule has 206 valence electrons. The third-order valence-corrected chi connectivity index (χ3v) is 8.27. The molecule has 2 aliphatic rings. The van der Waals surface area contributed by atoms with Crippen molar-refractivity contribution in [3.63, 3.8) is 0 Å². The number of nitrogens with zero attached hydrogens (tertiary/aromatic N) is 2. The molecule has 2 aromatic rings. The lowest BCUT2D eigenvalue weighted by Crippen LogP contribution is -2.35. The number of fused-ring (bicyclic) bond motifs is 1. The van der Waals surface area contributed by atoms with Crippen LogP contribution in [-0.2, 0) is 22.2 Å². The molecule has 2 aromatic carbocycles. The molecule has 1 fully saturated rings. The second kappa shape index (κ2) is 12.3. The number of piperidine rings is 1. The van der Waals surface area contributed by atoms with Crippen LogP contribution in [0.4, 0.5) is 35.9 Å². The topological polar surface area (TPSA) is 72.9 Å². The van der Waals surface area contributed by atoms with Crippen molar-refractivity contribution < 1.29 is 27.9 Å². The molecular formula is C28H34F3N3O3S. The van der Waals surface area contributed by atoms with Crippen LogP contribution in [0.3, 0.4) is 0 Å². The monoisotopic (exact) mass is 549 g/mol. The zero-order valence-electron chi connectivity index (χ0n) is 21.5. The highest BCUT2D eigenvalue weighted by atomic mass is 32.2. The van der Waals surface area contributed by atoms with Gasteiger partial charge in [0.25, 0.3) is 0 Å². The van der Waals surface area contributed by atoms with Crippen LogP contribution in [0.2, 0.25) is 0 Å². The summed E-state index contributed by atoms with van der Waals surface area (Å²) in [6, 6.07) is 9.71. The lowest BCUT2D eigenvalue weighted by Gasteiger charge is -2.36. The maximum Gasteiger partial charge on any atom is 0.416 e. The van der Waals surface area contributed by atoms with Gasteiger partial charge in [0, 0.05) is 37.4 Å². The molecule has 0 saturated carbocycles. The quantitative estimate of drug-likeness (QED) is 0.369. The minimum atomic E-state index is -4.42. The number of alkyl halides is 3. The Hall–Kier alpha value is -2.88. The second-order valence-electron chi connectivity index (χ2n) is 9.94. The number of rotatable bonds is 9. The number of aryl methyl sites for hydroxylation is 1. The van der Waals surface area contributed by atoms with Crippen LogP contribution in [-0.4, -0.2) is 48.1 Å². The van der Waals surface area contributed by atoms with Gasteiger partial charge in [0.05, 0.1) is 22.7 Å². The molecule has 1 saturated heterocycles. The second-order valence-corrected chi connectivity index (χ2v) is 11.0. The Kier molecular flexibility index (Phi) is 9.12. The van der Waals surface area contributed by atoms with E-state index in [1.54, 1.807) is 6.07 Å². The number of nitrogens with one attached hydrogen (secondary N) is 1. The van der Waals surface area contributed by atoms with Crippen molar-refractivity contribution in [2.24, 2.45) is 5.92 Å². The molecule has 2 N–H and O–H groups in total. The average molecular weight is 550 g/mol. The number of halogens is 3. The van der Waals surface area contributed by atoms with Gasteiger partial charge in [0.2, 0.25) is 5.91 Å². The van der Waals surface area contributed by atoms with E-state index >= 15 is 0 Å². The van der Waals surface area contributed by atoms with E-state index < -0.39 is 17.7 Å². The number of carboxylic acid groups (broad SMARTS) is 1. The Bertz CT molecular complexity index is 1150. The van der Waals surface area contributed by atoms with Crippen LogP contribution in [0.5, 0.6) is 0 Å². The number of hydrogen-bond donors (Lipinski definition) is 2. The highest BCUT2D eigenvalue weighted by Gasteiger charge is 2.32. The van der Waals surface area contributed by atoms with Gasteiger partial charge in [0.15, 0.2) is 0 Å². The van der Waals surface area contributed by atoms with Crippen molar-refractivity contribution >= 4 is 46.4 Å². The number of hydrogen-bond acceptors (Lipinski definition) is 5. The first kappa shape index (κ1) is 28.1. The normalized spacial score (nSPS) is 16.3. The Morgan fingerprint density at radius 1 is 1.08 bits per heavy atom. The van der Waals surface area contributed by atoms with Crippen LogP contribution >= 0.6 is 11.8 Å². The van der Waals surface area contributed by atoms with E-state index in [2.05, 4.69) is 10.2 Å². The smallest absolute Gasteiger partial charge is 0.416 e. The van der Waals surface area contributed by atoms with E-state index in [0.717, 1.165) is 67.5 Å². The van der Waals surface area contributed by atoms with Crippen LogP contribution < -0.4 is 15.1 Å². The first-order valence-corrected chi connectivity index (χ1v) is 14.3. The number of benzene rings is 2. The van der Waals surface area contributed by atoms with E-state index in [1.807, 2.05) is 30.0 Å². The van der Waals surface area contributed by atoms with Crippen LogP contribution in [0.25, 0.3) is 0 Å². The van der Waals surface area contributed by atoms with Gasteiger partial charge in [0.1, 0.15) is 0 Å². The van der Waals surface area contributed by atoms with Crippen molar-refractivity contribution in [2.75, 3.05) is 46.3 Å². The van der Waals surface area contributed by atoms with Crippen molar-refractivity contribution in [1.29, 1.82) is 0 Å². The van der Waals surface area contributed by atoms with Crippen LogP contribution in [0.15, 0.2) is 36.4 Å². The van der Waals surface area contributed by atoms with Gasteiger partial charge >= 0.3 is 12.1 Å². The maximum atomic E-state index is 13.5. The van der Waals surface area contributed by atoms with Crippen LogP contribution in [0, 0.1) is 5.92 Å². The molecule has 1 amide bonds. The van der Waals surface area contributed by atoms with Gasteiger partial charge in [-0.1, -0.05) is 13.0 Å². The lowest BCUT2D eigenvalue weighted by atomic mass is 9.97. The predicted octanol–water partition coefficient (Wildman–Crippen LogP) is 6.56. The summed E-state index contributed by atoms with van der Waals surface area (Å²) in [5.74, 6) is 0.475. The van der Waals surface area contributed by atoms with E-state index in [4.69, 9.17) is 5.11 Å². The summed E-state index contributed by atoms with van der Waals surface area (Å²) < 4.78 is 40.4. The Labute approximate surface area is 225 Å². The summed E-state index contributed by atoms with van der Waals surface area (Å²) in [6.07, 6.45) is 0.0767. The highest BCUT2D eigenvalue weighted by molar-refractivity contribution is 7.99. The van der Waals surface area contributed by atoms with Gasteiger partial charge in [-0.3, -0.25) is 9.59 Å². The molecule has 0 bridgehead atoms. The third-order valence-electron chi connectivity index (χ3n) is 7.11. The van der Waals surface area contributed by atoms with Gasteiger partial charge in [-0.2, -0.15) is 13.2 Å². The molecule has 2 heterocycles. The molecular weight excluding hydrogens is 515 g/mol. The fourth-order valence-electron chi connectivity index (χ4n) is 5.18. The maximum absolute atomic E-state index is 13.5. The predicted molar refractivity (Wildman–Crippen MR) is 147 cm³/mol. The molecule has 6 nitrogen and oxygen atoms in total. The number of anilines is 4. The molecule has 10 heteroatoms. The minimum Gasteiger partial charge on any atom is -0.481 e. The summed E-state index contributed by atoms with van der Waals surface area (Å²) in [5.41, 5.74) is 3.09. The number of aliphatic carboxylic acids is 1.